The Labute approximate surface area is 90.3 Å². The van der Waals surface area contributed by atoms with E-state index in [9.17, 15) is 5.11 Å². The number of nitrogens with one attached hydrogen (secondary N) is 1. The van der Waals surface area contributed by atoms with Gasteiger partial charge in [-0.3, -0.25) is 0 Å². The molecule has 3 nitrogen and oxygen atoms in total. The first-order valence-electron chi connectivity index (χ1n) is 5.45. The van der Waals surface area contributed by atoms with Crippen molar-refractivity contribution in [1.82, 2.24) is 5.32 Å². The molecule has 0 aliphatic carbocycles. The summed E-state index contributed by atoms with van der Waals surface area (Å²) in [6.45, 7) is 1.82. The first kappa shape index (κ1) is 10.5. The Morgan fingerprint density at radius 2 is 1.80 bits per heavy atom. The summed E-state index contributed by atoms with van der Waals surface area (Å²) in [5.74, 6) is 0. The third kappa shape index (κ3) is 2.70. The number of rotatable bonds is 2. The van der Waals surface area contributed by atoms with E-state index in [1.54, 1.807) is 0 Å². The summed E-state index contributed by atoms with van der Waals surface area (Å²) >= 11 is 0. The van der Waals surface area contributed by atoms with Crippen LogP contribution in [0, 0.1) is 0 Å². The normalized spacial score (nSPS) is 20.1. The van der Waals surface area contributed by atoms with Crippen LogP contribution in [0.3, 0.4) is 0 Å². The van der Waals surface area contributed by atoms with Crippen LogP contribution < -0.4 is 11.1 Å². The predicted molar refractivity (Wildman–Crippen MR) is 61.6 cm³/mol. The molecule has 0 amide bonds. The van der Waals surface area contributed by atoms with Crippen molar-refractivity contribution in [3.63, 3.8) is 0 Å². The summed E-state index contributed by atoms with van der Waals surface area (Å²) in [5, 5.41) is 13.6. The van der Waals surface area contributed by atoms with E-state index >= 15 is 0 Å². The van der Waals surface area contributed by atoms with Crippen LogP contribution in [0.5, 0.6) is 0 Å². The van der Waals surface area contributed by atoms with E-state index in [1.807, 2.05) is 24.3 Å². The van der Waals surface area contributed by atoms with Gasteiger partial charge in [-0.1, -0.05) is 12.1 Å². The van der Waals surface area contributed by atoms with Gasteiger partial charge in [0.1, 0.15) is 0 Å². The van der Waals surface area contributed by atoms with Crippen LogP contribution in [0.1, 0.15) is 18.4 Å². The van der Waals surface area contributed by atoms with Crippen LogP contribution in [0.2, 0.25) is 0 Å². The first-order valence-corrected chi connectivity index (χ1v) is 5.45. The largest absolute Gasteiger partial charge is 0.399 e. The van der Waals surface area contributed by atoms with Gasteiger partial charge in [0.05, 0.1) is 5.60 Å². The summed E-state index contributed by atoms with van der Waals surface area (Å²) in [5.41, 5.74) is 7.03. The molecule has 0 aromatic heterocycles. The molecule has 0 bridgehead atoms. The van der Waals surface area contributed by atoms with Gasteiger partial charge in [-0.15, -0.1) is 0 Å². The summed E-state index contributed by atoms with van der Waals surface area (Å²) in [4.78, 5) is 0. The molecule has 4 N–H and O–H groups in total. The lowest BCUT2D eigenvalue weighted by Gasteiger charge is -2.32. The summed E-state index contributed by atoms with van der Waals surface area (Å²) in [6.07, 6.45) is 2.39. The van der Waals surface area contributed by atoms with Crippen molar-refractivity contribution in [2.24, 2.45) is 0 Å². The molecule has 3 heteroatoms. The maximum Gasteiger partial charge on any atom is 0.0712 e. The monoisotopic (exact) mass is 206 g/mol. The van der Waals surface area contributed by atoms with Crippen LogP contribution >= 0.6 is 0 Å². The highest BCUT2D eigenvalue weighted by atomic mass is 16.3. The number of nitrogen functional groups attached to an aromatic ring is 1. The SMILES string of the molecule is Nc1ccc(CC2(O)CCNCC2)cc1. The number of hydrogen-bond donors (Lipinski definition) is 3. The molecule has 0 saturated carbocycles. The number of aliphatic hydroxyl groups is 1. The van der Waals surface area contributed by atoms with Gasteiger partial charge in [0.25, 0.3) is 0 Å². The molecule has 82 valence electrons. The Bertz CT molecular complexity index is 315. The van der Waals surface area contributed by atoms with Crippen LogP contribution in [-0.4, -0.2) is 23.8 Å². The second-order valence-electron chi connectivity index (χ2n) is 4.39. The minimum atomic E-state index is -0.526. The molecular formula is C12H18N2O. The molecule has 1 aromatic carbocycles. The molecule has 1 aromatic rings. The van der Waals surface area contributed by atoms with E-state index in [1.165, 1.54) is 0 Å². The average molecular weight is 206 g/mol. The molecular weight excluding hydrogens is 188 g/mol. The van der Waals surface area contributed by atoms with E-state index in [-0.39, 0.29) is 0 Å². The van der Waals surface area contributed by atoms with Crippen molar-refractivity contribution in [3.8, 4) is 0 Å². The lowest BCUT2D eigenvalue weighted by Crippen LogP contribution is -2.43. The summed E-state index contributed by atoms with van der Waals surface area (Å²) in [7, 11) is 0. The predicted octanol–water partition coefficient (Wildman–Crippen LogP) is 0.926. The van der Waals surface area contributed by atoms with E-state index < -0.39 is 5.60 Å². The molecule has 0 unspecified atom stereocenters. The van der Waals surface area contributed by atoms with E-state index in [2.05, 4.69) is 5.32 Å². The molecule has 15 heavy (non-hydrogen) atoms. The zero-order chi connectivity index (χ0) is 10.7. The molecule has 1 heterocycles. The van der Waals surface area contributed by atoms with Gasteiger partial charge in [-0.2, -0.15) is 0 Å². The van der Waals surface area contributed by atoms with Crippen LogP contribution in [0.15, 0.2) is 24.3 Å². The fourth-order valence-corrected chi connectivity index (χ4v) is 2.08. The van der Waals surface area contributed by atoms with E-state index in [0.29, 0.717) is 0 Å². The second-order valence-corrected chi connectivity index (χ2v) is 4.39. The van der Waals surface area contributed by atoms with Gasteiger partial charge in [0.15, 0.2) is 0 Å². The lowest BCUT2D eigenvalue weighted by atomic mass is 9.86. The Kier molecular flexibility index (Phi) is 2.93. The minimum absolute atomic E-state index is 0.526. The zero-order valence-electron chi connectivity index (χ0n) is 8.87. The standard InChI is InChI=1S/C12H18N2O/c13-11-3-1-10(2-4-11)9-12(15)5-7-14-8-6-12/h1-4,14-15H,5-9,13H2. The van der Waals surface area contributed by atoms with Gasteiger partial charge in [-0.25, -0.2) is 0 Å². The molecule has 0 spiro atoms. The van der Waals surface area contributed by atoms with Crippen molar-refractivity contribution in [3.05, 3.63) is 29.8 Å². The zero-order valence-corrected chi connectivity index (χ0v) is 8.87. The van der Waals surface area contributed by atoms with Gasteiger partial charge in [0.2, 0.25) is 0 Å². The van der Waals surface area contributed by atoms with Crippen molar-refractivity contribution in [1.29, 1.82) is 0 Å². The molecule has 1 aliphatic heterocycles. The maximum atomic E-state index is 10.3. The quantitative estimate of drug-likeness (QED) is 0.631. The van der Waals surface area contributed by atoms with Gasteiger partial charge in [0, 0.05) is 12.1 Å². The minimum Gasteiger partial charge on any atom is -0.399 e. The van der Waals surface area contributed by atoms with E-state index in [0.717, 1.165) is 43.6 Å². The molecule has 2 rings (SSSR count). The Hall–Kier alpha value is -1.06. The number of anilines is 1. The van der Waals surface area contributed by atoms with Crippen LogP contribution in [-0.2, 0) is 6.42 Å². The molecule has 0 radical (unpaired) electrons. The maximum absolute atomic E-state index is 10.3. The van der Waals surface area contributed by atoms with Gasteiger partial charge in [-0.05, 0) is 43.6 Å². The highest BCUT2D eigenvalue weighted by Gasteiger charge is 2.28. The number of piperidine rings is 1. The highest BCUT2D eigenvalue weighted by Crippen LogP contribution is 2.23. The fraction of sp³-hybridized carbons (Fsp3) is 0.500. The summed E-state index contributed by atoms with van der Waals surface area (Å²) in [6, 6.07) is 7.77. The molecule has 1 saturated heterocycles. The van der Waals surface area contributed by atoms with Gasteiger partial charge >= 0.3 is 0 Å². The molecule has 0 atom stereocenters. The van der Waals surface area contributed by atoms with Crippen LogP contribution in [0.4, 0.5) is 5.69 Å². The van der Waals surface area contributed by atoms with Gasteiger partial charge < -0.3 is 16.2 Å². The van der Waals surface area contributed by atoms with Crippen molar-refractivity contribution in [2.45, 2.75) is 24.9 Å². The molecule has 1 aliphatic rings. The Morgan fingerprint density at radius 3 is 2.40 bits per heavy atom. The lowest BCUT2D eigenvalue weighted by molar-refractivity contribution is 0.0109. The average Bonchev–Trinajstić information content (AvgIpc) is 2.22. The number of hydrogen-bond acceptors (Lipinski definition) is 3. The number of benzene rings is 1. The second kappa shape index (κ2) is 4.21. The topological polar surface area (TPSA) is 58.3 Å². The van der Waals surface area contributed by atoms with Crippen molar-refractivity contribution < 1.29 is 5.11 Å². The molecule has 1 fully saturated rings. The third-order valence-electron chi connectivity index (χ3n) is 3.05. The third-order valence-corrected chi connectivity index (χ3v) is 3.05. The van der Waals surface area contributed by atoms with Crippen LogP contribution in [0.25, 0.3) is 0 Å². The van der Waals surface area contributed by atoms with Crippen molar-refractivity contribution >= 4 is 5.69 Å². The first-order chi connectivity index (χ1) is 7.18. The Morgan fingerprint density at radius 1 is 1.20 bits per heavy atom. The smallest absolute Gasteiger partial charge is 0.0712 e. The number of nitrogens with two attached hydrogens (primary N) is 1. The Balaban J connectivity index is 2.03. The highest BCUT2D eigenvalue weighted by molar-refractivity contribution is 5.39. The van der Waals surface area contributed by atoms with E-state index in [4.69, 9.17) is 5.73 Å². The van der Waals surface area contributed by atoms with Crippen molar-refractivity contribution in [2.75, 3.05) is 18.8 Å². The summed E-state index contributed by atoms with van der Waals surface area (Å²) < 4.78 is 0. The fourth-order valence-electron chi connectivity index (χ4n) is 2.08.